The van der Waals surface area contributed by atoms with Gasteiger partial charge >= 0.3 is 0 Å². The first-order valence-electron chi connectivity index (χ1n) is 6.20. The number of rotatable bonds is 0. The highest BCUT2D eigenvalue weighted by Gasteiger charge is 2.46. The van der Waals surface area contributed by atoms with Crippen molar-refractivity contribution in [3.8, 4) is 5.75 Å². The summed E-state index contributed by atoms with van der Waals surface area (Å²) in [6.45, 7) is 3.42. The van der Waals surface area contributed by atoms with Crippen molar-refractivity contribution in [2.45, 2.75) is 25.4 Å². The molecule has 0 N–H and O–H groups in total. The predicted octanol–water partition coefficient (Wildman–Crippen LogP) is 3.21. The molecule has 2 atom stereocenters. The lowest BCUT2D eigenvalue weighted by molar-refractivity contribution is -0.0917. The average Bonchev–Trinajstić information content (AvgIpc) is 2.32. The van der Waals surface area contributed by atoms with Crippen LogP contribution < -0.4 is 4.74 Å². The van der Waals surface area contributed by atoms with E-state index in [0.29, 0.717) is 30.9 Å². The summed E-state index contributed by atoms with van der Waals surface area (Å²) in [6, 6.07) is 5.60. The summed E-state index contributed by atoms with van der Waals surface area (Å²) in [5.74, 6) is 1.12. The van der Waals surface area contributed by atoms with Gasteiger partial charge < -0.3 is 9.47 Å². The van der Waals surface area contributed by atoms with Crippen LogP contribution in [0.5, 0.6) is 5.75 Å². The molecular weight excluding hydrogens is 296 g/mol. The standard InChI is InChI=1S/C14H15BrO3/c1-9-8-17-5-4-14(9)7-12(16)11-3-2-10(15)6-13(11)18-14/h2-3,6,9H,4-5,7-8H2,1H3. The van der Waals surface area contributed by atoms with Gasteiger partial charge in [0.1, 0.15) is 11.4 Å². The highest BCUT2D eigenvalue weighted by atomic mass is 79.9. The monoisotopic (exact) mass is 310 g/mol. The smallest absolute Gasteiger partial charge is 0.170 e. The van der Waals surface area contributed by atoms with Gasteiger partial charge in [-0.3, -0.25) is 4.79 Å². The second-order valence-corrected chi connectivity index (χ2v) is 6.05. The first-order valence-corrected chi connectivity index (χ1v) is 6.99. The topological polar surface area (TPSA) is 35.5 Å². The number of halogens is 1. The van der Waals surface area contributed by atoms with Crippen LogP contribution in [-0.4, -0.2) is 24.6 Å². The molecule has 0 aliphatic carbocycles. The van der Waals surface area contributed by atoms with Gasteiger partial charge in [0.15, 0.2) is 5.78 Å². The minimum atomic E-state index is -0.372. The Balaban J connectivity index is 2.01. The molecule has 18 heavy (non-hydrogen) atoms. The second-order valence-electron chi connectivity index (χ2n) is 5.13. The summed E-state index contributed by atoms with van der Waals surface area (Å²) in [5, 5.41) is 0. The Morgan fingerprint density at radius 2 is 2.28 bits per heavy atom. The van der Waals surface area contributed by atoms with Crippen LogP contribution in [-0.2, 0) is 4.74 Å². The molecule has 0 saturated carbocycles. The highest BCUT2D eigenvalue weighted by molar-refractivity contribution is 9.10. The van der Waals surface area contributed by atoms with Gasteiger partial charge in [0.2, 0.25) is 0 Å². The fourth-order valence-electron chi connectivity index (χ4n) is 2.75. The fourth-order valence-corrected chi connectivity index (χ4v) is 3.09. The van der Waals surface area contributed by atoms with Crippen molar-refractivity contribution >= 4 is 21.7 Å². The lowest BCUT2D eigenvalue weighted by Crippen LogP contribution is -2.52. The summed E-state index contributed by atoms with van der Waals surface area (Å²) in [5.41, 5.74) is 0.325. The maximum atomic E-state index is 12.3. The quantitative estimate of drug-likeness (QED) is 0.738. The number of hydrogen-bond acceptors (Lipinski definition) is 3. The zero-order chi connectivity index (χ0) is 12.8. The fraction of sp³-hybridized carbons (Fsp3) is 0.500. The molecule has 0 amide bonds. The van der Waals surface area contributed by atoms with E-state index >= 15 is 0 Å². The van der Waals surface area contributed by atoms with Crippen LogP contribution in [0, 0.1) is 5.92 Å². The molecule has 4 heteroatoms. The van der Waals surface area contributed by atoms with Gasteiger partial charge in [-0.2, -0.15) is 0 Å². The van der Waals surface area contributed by atoms with Crippen LogP contribution in [0.3, 0.4) is 0 Å². The minimum absolute atomic E-state index is 0.178. The van der Waals surface area contributed by atoms with Gasteiger partial charge in [0.05, 0.1) is 25.2 Å². The first kappa shape index (κ1) is 12.2. The third-order valence-electron chi connectivity index (χ3n) is 3.95. The molecule has 1 aromatic rings. The molecule has 1 saturated heterocycles. The number of carbonyl (C=O) groups excluding carboxylic acids is 1. The van der Waals surface area contributed by atoms with Gasteiger partial charge in [0.25, 0.3) is 0 Å². The molecule has 0 aromatic heterocycles. The SMILES string of the molecule is CC1COCCC12CC(=O)c1ccc(Br)cc1O2. The molecule has 1 aromatic carbocycles. The Morgan fingerprint density at radius 1 is 1.44 bits per heavy atom. The van der Waals surface area contributed by atoms with Crippen LogP contribution >= 0.6 is 15.9 Å². The van der Waals surface area contributed by atoms with E-state index in [-0.39, 0.29) is 17.3 Å². The van der Waals surface area contributed by atoms with Crippen LogP contribution in [0.2, 0.25) is 0 Å². The van der Waals surface area contributed by atoms with E-state index in [2.05, 4.69) is 22.9 Å². The predicted molar refractivity (Wildman–Crippen MR) is 71.0 cm³/mol. The largest absolute Gasteiger partial charge is 0.486 e. The third kappa shape index (κ3) is 1.88. The van der Waals surface area contributed by atoms with Crippen molar-refractivity contribution in [1.29, 1.82) is 0 Å². The second kappa shape index (κ2) is 4.35. The first-order chi connectivity index (χ1) is 8.61. The molecule has 2 aliphatic rings. The Bertz CT molecular complexity index is 500. The maximum Gasteiger partial charge on any atom is 0.170 e. The molecule has 2 unspecified atom stereocenters. The number of ether oxygens (including phenoxy) is 2. The van der Waals surface area contributed by atoms with Gasteiger partial charge in [-0.05, 0) is 18.2 Å². The number of benzene rings is 1. The summed E-state index contributed by atoms with van der Waals surface area (Å²) in [7, 11) is 0. The van der Waals surface area contributed by atoms with E-state index in [0.717, 1.165) is 10.9 Å². The Kier molecular flexibility index (Phi) is 2.94. The third-order valence-corrected chi connectivity index (χ3v) is 4.45. The van der Waals surface area contributed by atoms with E-state index < -0.39 is 0 Å². The van der Waals surface area contributed by atoms with Gasteiger partial charge in [-0.25, -0.2) is 0 Å². The molecule has 1 spiro atoms. The molecule has 3 rings (SSSR count). The molecule has 96 valence electrons. The van der Waals surface area contributed by atoms with Crippen molar-refractivity contribution in [2.24, 2.45) is 5.92 Å². The number of fused-ring (bicyclic) bond motifs is 1. The molecular formula is C14H15BrO3. The summed E-state index contributed by atoms with van der Waals surface area (Å²) in [6.07, 6.45) is 1.25. The van der Waals surface area contributed by atoms with E-state index in [1.807, 2.05) is 18.2 Å². The van der Waals surface area contributed by atoms with Crippen molar-refractivity contribution in [2.75, 3.05) is 13.2 Å². The van der Waals surface area contributed by atoms with Crippen molar-refractivity contribution < 1.29 is 14.3 Å². The van der Waals surface area contributed by atoms with Gasteiger partial charge in [0, 0.05) is 16.8 Å². The van der Waals surface area contributed by atoms with Crippen molar-refractivity contribution in [3.63, 3.8) is 0 Å². The van der Waals surface area contributed by atoms with Crippen molar-refractivity contribution in [3.05, 3.63) is 28.2 Å². The van der Waals surface area contributed by atoms with Crippen LogP contribution in [0.1, 0.15) is 30.1 Å². The number of hydrogen-bond donors (Lipinski definition) is 0. The number of carbonyl (C=O) groups is 1. The van der Waals surface area contributed by atoms with E-state index in [4.69, 9.17) is 9.47 Å². The van der Waals surface area contributed by atoms with Crippen LogP contribution in [0.4, 0.5) is 0 Å². The van der Waals surface area contributed by atoms with Crippen LogP contribution in [0.25, 0.3) is 0 Å². The molecule has 2 aliphatic heterocycles. The Labute approximate surface area is 115 Å². The molecule has 2 heterocycles. The zero-order valence-electron chi connectivity index (χ0n) is 10.2. The van der Waals surface area contributed by atoms with Gasteiger partial charge in [-0.15, -0.1) is 0 Å². The lowest BCUT2D eigenvalue weighted by Gasteiger charge is -2.44. The highest BCUT2D eigenvalue weighted by Crippen LogP contribution is 2.42. The van der Waals surface area contributed by atoms with E-state index in [1.54, 1.807) is 0 Å². The van der Waals surface area contributed by atoms with Crippen LogP contribution in [0.15, 0.2) is 22.7 Å². The zero-order valence-corrected chi connectivity index (χ0v) is 11.8. The van der Waals surface area contributed by atoms with Gasteiger partial charge in [-0.1, -0.05) is 22.9 Å². The number of Topliss-reactive ketones (excluding diaryl/α,β-unsaturated/α-hetero) is 1. The maximum absolute atomic E-state index is 12.3. The molecule has 0 radical (unpaired) electrons. The number of ketones is 1. The summed E-state index contributed by atoms with van der Waals surface area (Å²) < 4.78 is 12.6. The molecule has 0 bridgehead atoms. The molecule has 1 fully saturated rings. The normalized spacial score (nSPS) is 31.0. The molecule has 3 nitrogen and oxygen atoms in total. The average molecular weight is 311 g/mol. The van der Waals surface area contributed by atoms with Crippen molar-refractivity contribution in [1.82, 2.24) is 0 Å². The summed E-state index contributed by atoms with van der Waals surface area (Å²) >= 11 is 3.42. The van der Waals surface area contributed by atoms with E-state index in [1.165, 1.54) is 0 Å². The summed E-state index contributed by atoms with van der Waals surface area (Å²) in [4.78, 5) is 12.3. The lowest BCUT2D eigenvalue weighted by atomic mass is 9.77. The minimum Gasteiger partial charge on any atom is -0.486 e. The van der Waals surface area contributed by atoms with E-state index in [9.17, 15) is 4.79 Å². The Hall–Kier alpha value is -0.870. The Morgan fingerprint density at radius 3 is 3.06 bits per heavy atom.